The van der Waals surface area contributed by atoms with Gasteiger partial charge in [0, 0.05) is 5.41 Å². The minimum absolute atomic E-state index is 0.234. The van der Waals surface area contributed by atoms with E-state index in [1.165, 1.54) is 32.1 Å². The molecule has 13 heavy (non-hydrogen) atoms. The zero-order chi connectivity index (χ0) is 9.73. The van der Waals surface area contributed by atoms with Crippen LogP contribution in [0.5, 0.6) is 0 Å². The van der Waals surface area contributed by atoms with Gasteiger partial charge in [0.1, 0.15) is 0 Å². The molecular formula is C13H20. The van der Waals surface area contributed by atoms with Gasteiger partial charge in [-0.05, 0) is 38.0 Å². The molecule has 0 radical (unpaired) electrons. The maximum Gasteiger partial charge on any atom is 0.00558 e. The van der Waals surface area contributed by atoms with Crippen molar-refractivity contribution in [3.05, 3.63) is 38.0 Å². The maximum atomic E-state index is 3.91. The van der Waals surface area contributed by atoms with Crippen LogP contribution in [0.2, 0.25) is 0 Å². The van der Waals surface area contributed by atoms with Gasteiger partial charge < -0.3 is 0 Å². The van der Waals surface area contributed by atoms with Gasteiger partial charge in [-0.2, -0.15) is 0 Å². The first-order valence-corrected chi connectivity index (χ1v) is 5.14. The number of rotatable bonds is 4. The Bertz CT molecular complexity index is 182. The van der Waals surface area contributed by atoms with Crippen molar-refractivity contribution in [3.63, 3.8) is 0 Å². The van der Waals surface area contributed by atoms with Crippen LogP contribution in [0.25, 0.3) is 0 Å². The Morgan fingerprint density at radius 3 is 2.00 bits per heavy atom. The van der Waals surface area contributed by atoms with Gasteiger partial charge in [-0.1, -0.05) is 18.2 Å². The molecule has 1 aliphatic rings. The van der Waals surface area contributed by atoms with E-state index in [9.17, 15) is 0 Å². The molecule has 0 heterocycles. The van der Waals surface area contributed by atoms with Crippen molar-refractivity contribution >= 4 is 0 Å². The lowest BCUT2D eigenvalue weighted by molar-refractivity contribution is 0.252. The van der Waals surface area contributed by atoms with Gasteiger partial charge in [0.05, 0.1) is 0 Å². The smallest absolute Gasteiger partial charge is 0.00558 e. The quantitative estimate of drug-likeness (QED) is 0.565. The van der Waals surface area contributed by atoms with Gasteiger partial charge in [-0.3, -0.25) is 0 Å². The molecule has 1 fully saturated rings. The first kappa shape index (κ1) is 10.3. The predicted molar refractivity (Wildman–Crippen MR) is 59.6 cm³/mol. The van der Waals surface area contributed by atoms with E-state index in [0.717, 1.165) is 5.92 Å². The van der Waals surface area contributed by atoms with Crippen LogP contribution in [-0.2, 0) is 0 Å². The Morgan fingerprint density at radius 2 is 1.62 bits per heavy atom. The standard InChI is InChI=1S/C13H20/c1-4-7-12-8-10-13(5-2,6-3)11-9-12/h4-6,12H,1-3,7-11H2. The second-order valence-electron chi connectivity index (χ2n) is 4.11. The molecule has 0 N–H and O–H groups in total. The van der Waals surface area contributed by atoms with Crippen LogP contribution in [0.3, 0.4) is 0 Å². The van der Waals surface area contributed by atoms with E-state index in [1.807, 2.05) is 6.08 Å². The summed E-state index contributed by atoms with van der Waals surface area (Å²) >= 11 is 0. The van der Waals surface area contributed by atoms with Crippen LogP contribution in [0.15, 0.2) is 38.0 Å². The summed E-state index contributed by atoms with van der Waals surface area (Å²) in [4.78, 5) is 0. The SMILES string of the molecule is C=CCC1CCC(C=C)(C=C)CC1. The van der Waals surface area contributed by atoms with Crippen LogP contribution in [0.1, 0.15) is 32.1 Å². The van der Waals surface area contributed by atoms with E-state index >= 15 is 0 Å². The van der Waals surface area contributed by atoms with Gasteiger partial charge in [0.2, 0.25) is 0 Å². The highest BCUT2D eigenvalue weighted by Crippen LogP contribution is 2.41. The lowest BCUT2D eigenvalue weighted by Gasteiger charge is -2.35. The Labute approximate surface area is 82.0 Å². The van der Waals surface area contributed by atoms with E-state index in [2.05, 4.69) is 31.9 Å². The summed E-state index contributed by atoms with van der Waals surface area (Å²) in [6.07, 6.45) is 12.4. The molecule has 0 heteroatoms. The third kappa shape index (κ3) is 2.33. The summed E-state index contributed by atoms with van der Waals surface area (Å²) in [7, 11) is 0. The highest BCUT2D eigenvalue weighted by molar-refractivity contribution is 5.08. The second kappa shape index (κ2) is 4.45. The van der Waals surface area contributed by atoms with Crippen molar-refractivity contribution in [3.8, 4) is 0 Å². The molecule has 1 saturated carbocycles. The van der Waals surface area contributed by atoms with Gasteiger partial charge >= 0.3 is 0 Å². The van der Waals surface area contributed by atoms with Crippen molar-refractivity contribution < 1.29 is 0 Å². The zero-order valence-electron chi connectivity index (χ0n) is 8.47. The third-order valence-corrected chi connectivity index (χ3v) is 3.35. The summed E-state index contributed by atoms with van der Waals surface area (Å²) < 4.78 is 0. The molecule has 1 rings (SSSR count). The van der Waals surface area contributed by atoms with Crippen molar-refractivity contribution in [1.29, 1.82) is 0 Å². The van der Waals surface area contributed by atoms with Gasteiger partial charge in [0.15, 0.2) is 0 Å². The minimum Gasteiger partial charge on any atom is -0.103 e. The lowest BCUT2D eigenvalue weighted by atomic mass is 9.70. The summed E-state index contributed by atoms with van der Waals surface area (Å²) in [6.45, 7) is 11.6. The van der Waals surface area contributed by atoms with Crippen molar-refractivity contribution in [2.45, 2.75) is 32.1 Å². The van der Waals surface area contributed by atoms with Crippen molar-refractivity contribution in [1.82, 2.24) is 0 Å². The van der Waals surface area contributed by atoms with Crippen LogP contribution in [-0.4, -0.2) is 0 Å². The average Bonchev–Trinajstić information content (AvgIpc) is 2.20. The molecule has 0 aliphatic heterocycles. The first-order valence-electron chi connectivity index (χ1n) is 5.14. The highest BCUT2D eigenvalue weighted by atomic mass is 14.3. The van der Waals surface area contributed by atoms with E-state index in [-0.39, 0.29) is 5.41 Å². The minimum atomic E-state index is 0.234. The van der Waals surface area contributed by atoms with Gasteiger partial charge in [0.25, 0.3) is 0 Å². The molecule has 1 aliphatic carbocycles. The molecule has 0 amide bonds. The molecular weight excluding hydrogens is 156 g/mol. The van der Waals surface area contributed by atoms with E-state index in [0.29, 0.717) is 0 Å². The Kier molecular flexibility index (Phi) is 3.53. The molecule has 0 nitrogen and oxygen atoms in total. The van der Waals surface area contributed by atoms with E-state index < -0.39 is 0 Å². The zero-order valence-corrected chi connectivity index (χ0v) is 8.47. The van der Waals surface area contributed by atoms with E-state index in [1.54, 1.807) is 0 Å². The van der Waals surface area contributed by atoms with Crippen LogP contribution >= 0.6 is 0 Å². The van der Waals surface area contributed by atoms with Gasteiger partial charge in [-0.25, -0.2) is 0 Å². The van der Waals surface area contributed by atoms with Crippen molar-refractivity contribution in [2.24, 2.45) is 11.3 Å². The summed E-state index contributed by atoms with van der Waals surface area (Å²) in [5, 5.41) is 0. The molecule has 0 unspecified atom stereocenters. The molecule has 0 bridgehead atoms. The van der Waals surface area contributed by atoms with Crippen molar-refractivity contribution in [2.75, 3.05) is 0 Å². The fourth-order valence-corrected chi connectivity index (χ4v) is 2.18. The van der Waals surface area contributed by atoms with Crippen LogP contribution in [0.4, 0.5) is 0 Å². The van der Waals surface area contributed by atoms with Crippen LogP contribution in [0, 0.1) is 11.3 Å². The molecule has 0 atom stereocenters. The monoisotopic (exact) mass is 176 g/mol. The predicted octanol–water partition coefficient (Wildman–Crippen LogP) is 4.11. The Hall–Kier alpha value is -0.780. The fourth-order valence-electron chi connectivity index (χ4n) is 2.18. The summed E-state index contributed by atoms with van der Waals surface area (Å²) in [6, 6.07) is 0. The molecule has 0 aromatic rings. The molecule has 0 spiro atoms. The lowest BCUT2D eigenvalue weighted by Crippen LogP contribution is -2.22. The highest BCUT2D eigenvalue weighted by Gasteiger charge is 2.29. The molecule has 0 aromatic carbocycles. The third-order valence-electron chi connectivity index (χ3n) is 3.35. The normalized spacial score (nSPS) is 22.2. The second-order valence-corrected chi connectivity index (χ2v) is 4.11. The number of hydrogen-bond donors (Lipinski definition) is 0. The molecule has 72 valence electrons. The van der Waals surface area contributed by atoms with E-state index in [4.69, 9.17) is 0 Å². The summed E-state index contributed by atoms with van der Waals surface area (Å²) in [5.41, 5.74) is 0.234. The number of hydrogen-bond acceptors (Lipinski definition) is 0. The Morgan fingerprint density at radius 1 is 1.08 bits per heavy atom. The van der Waals surface area contributed by atoms with Gasteiger partial charge in [-0.15, -0.1) is 19.7 Å². The fraction of sp³-hybridized carbons (Fsp3) is 0.538. The maximum absolute atomic E-state index is 3.91. The first-order chi connectivity index (χ1) is 6.26. The Balaban J connectivity index is 2.49. The van der Waals surface area contributed by atoms with Crippen LogP contribution < -0.4 is 0 Å². The molecule has 0 aromatic heterocycles. The summed E-state index contributed by atoms with van der Waals surface area (Å²) in [5.74, 6) is 0.852. The average molecular weight is 176 g/mol. The number of allylic oxidation sites excluding steroid dienone is 3. The topological polar surface area (TPSA) is 0 Å². The molecule has 0 saturated heterocycles. The largest absolute Gasteiger partial charge is 0.103 e.